The average Bonchev–Trinajstić information content (AvgIpc) is 2.72. The van der Waals surface area contributed by atoms with Crippen LogP contribution in [0, 0.1) is 0 Å². The third-order valence-corrected chi connectivity index (χ3v) is 4.35. The van der Waals surface area contributed by atoms with E-state index < -0.39 is 0 Å². The van der Waals surface area contributed by atoms with Gasteiger partial charge in [-0.3, -0.25) is 4.90 Å². The highest BCUT2D eigenvalue weighted by Crippen LogP contribution is 2.22. The summed E-state index contributed by atoms with van der Waals surface area (Å²) in [7, 11) is 0. The van der Waals surface area contributed by atoms with E-state index in [0.29, 0.717) is 6.10 Å². The van der Waals surface area contributed by atoms with Crippen molar-refractivity contribution in [2.45, 2.75) is 71.6 Å². The maximum Gasteiger partial charge on any atom is 0.206 e. The Labute approximate surface area is 129 Å². The Morgan fingerprint density at radius 2 is 2.05 bits per heavy atom. The second kappa shape index (κ2) is 6.82. The fourth-order valence-corrected chi connectivity index (χ4v) is 2.89. The Kier molecular flexibility index (Phi) is 5.31. The summed E-state index contributed by atoms with van der Waals surface area (Å²) in [5, 5.41) is 3.35. The smallest absolute Gasteiger partial charge is 0.206 e. The van der Waals surface area contributed by atoms with E-state index in [1.807, 2.05) is 0 Å². The Morgan fingerprint density at radius 3 is 2.76 bits per heavy atom. The molecule has 120 valence electrons. The molecule has 0 saturated carbocycles. The lowest BCUT2D eigenvalue weighted by atomic mass is 10.1. The lowest BCUT2D eigenvalue weighted by molar-refractivity contribution is 0.125. The molecular formula is C17H31N3O. The average molecular weight is 293 g/mol. The highest BCUT2D eigenvalue weighted by molar-refractivity contribution is 5.82. The Morgan fingerprint density at radius 1 is 1.29 bits per heavy atom. The van der Waals surface area contributed by atoms with E-state index in [2.05, 4.69) is 56.0 Å². The number of nitrogens with zero attached hydrogens (tertiary/aromatic N) is 2. The van der Waals surface area contributed by atoms with Crippen molar-refractivity contribution in [2.24, 2.45) is 4.99 Å². The van der Waals surface area contributed by atoms with Crippen LogP contribution in [0.3, 0.4) is 0 Å². The van der Waals surface area contributed by atoms with Crippen molar-refractivity contribution in [1.29, 1.82) is 0 Å². The Hall–Kier alpha value is -1.03. The normalized spacial score (nSPS) is 28.8. The van der Waals surface area contributed by atoms with Crippen LogP contribution in [0.15, 0.2) is 16.8 Å². The monoisotopic (exact) mass is 293 g/mol. The molecule has 0 bridgehead atoms. The van der Waals surface area contributed by atoms with Crippen molar-refractivity contribution in [3.63, 3.8) is 0 Å². The molecule has 1 N–H and O–H groups in total. The zero-order valence-corrected chi connectivity index (χ0v) is 14.3. The van der Waals surface area contributed by atoms with E-state index in [1.54, 1.807) is 0 Å². The molecule has 0 aromatic heterocycles. The summed E-state index contributed by atoms with van der Waals surface area (Å²) < 4.78 is 6.24. The molecule has 2 aliphatic rings. The van der Waals surface area contributed by atoms with Gasteiger partial charge in [-0.15, -0.1) is 0 Å². The zero-order chi connectivity index (χ0) is 15.5. The van der Waals surface area contributed by atoms with Crippen molar-refractivity contribution in [1.82, 2.24) is 10.2 Å². The lowest BCUT2D eigenvalue weighted by Gasteiger charge is -2.34. The molecule has 2 atom stereocenters. The molecule has 2 heterocycles. The van der Waals surface area contributed by atoms with Gasteiger partial charge in [0.05, 0.1) is 12.6 Å². The largest absolute Gasteiger partial charge is 0.476 e. The highest BCUT2D eigenvalue weighted by atomic mass is 16.5. The van der Waals surface area contributed by atoms with Crippen LogP contribution in [0.1, 0.15) is 53.9 Å². The van der Waals surface area contributed by atoms with Gasteiger partial charge >= 0.3 is 0 Å². The van der Waals surface area contributed by atoms with Gasteiger partial charge in [0.15, 0.2) is 0 Å². The van der Waals surface area contributed by atoms with Crippen LogP contribution in [-0.2, 0) is 4.74 Å². The quantitative estimate of drug-likeness (QED) is 0.807. The van der Waals surface area contributed by atoms with Gasteiger partial charge in [0.2, 0.25) is 5.90 Å². The fourth-order valence-electron chi connectivity index (χ4n) is 2.89. The minimum atomic E-state index is 0.171. The summed E-state index contributed by atoms with van der Waals surface area (Å²) in [6.07, 6.45) is 5.78. The predicted molar refractivity (Wildman–Crippen MR) is 88.7 cm³/mol. The van der Waals surface area contributed by atoms with Crippen LogP contribution in [0.25, 0.3) is 0 Å². The first-order chi connectivity index (χ1) is 9.86. The number of aliphatic imine (C=N–C) groups is 1. The predicted octanol–water partition coefficient (Wildman–Crippen LogP) is 2.95. The van der Waals surface area contributed by atoms with Crippen molar-refractivity contribution < 1.29 is 4.74 Å². The molecule has 4 heteroatoms. The summed E-state index contributed by atoms with van der Waals surface area (Å²) >= 11 is 0. The first kappa shape index (κ1) is 16.3. The summed E-state index contributed by atoms with van der Waals surface area (Å²) in [5.74, 6) is 0.873. The second-order valence-corrected chi connectivity index (χ2v) is 7.36. The van der Waals surface area contributed by atoms with E-state index >= 15 is 0 Å². The number of hydrogen-bond acceptors (Lipinski definition) is 4. The number of likely N-dealkylation sites (tertiary alicyclic amines) is 1. The second-order valence-electron chi connectivity index (χ2n) is 7.36. The molecule has 4 nitrogen and oxygen atoms in total. The zero-order valence-electron chi connectivity index (χ0n) is 14.3. The first-order valence-electron chi connectivity index (χ1n) is 8.24. The van der Waals surface area contributed by atoms with Gasteiger partial charge in [-0.05, 0) is 72.2 Å². The van der Waals surface area contributed by atoms with Crippen molar-refractivity contribution >= 4 is 5.90 Å². The number of rotatable bonds is 1. The van der Waals surface area contributed by atoms with Crippen LogP contribution in [0.2, 0.25) is 0 Å². The van der Waals surface area contributed by atoms with E-state index in [1.165, 1.54) is 18.5 Å². The molecule has 1 fully saturated rings. The summed E-state index contributed by atoms with van der Waals surface area (Å²) in [4.78, 5) is 7.20. The molecule has 1 saturated heterocycles. The summed E-state index contributed by atoms with van der Waals surface area (Å²) in [5.41, 5.74) is 1.50. The molecule has 2 unspecified atom stereocenters. The van der Waals surface area contributed by atoms with Gasteiger partial charge in [-0.25, -0.2) is 4.99 Å². The SMILES string of the molecule is CC1=CNC(C)C(OC2CCCN(C(C)(C)C)CC2)=NC1. The van der Waals surface area contributed by atoms with Crippen molar-refractivity contribution in [2.75, 3.05) is 19.6 Å². The summed E-state index contributed by atoms with van der Waals surface area (Å²) in [6.45, 7) is 14.1. The molecule has 0 spiro atoms. The lowest BCUT2D eigenvalue weighted by Crippen LogP contribution is -2.42. The van der Waals surface area contributed by atoms with Crippen LogP contribution in [0.5, 0.6) is 0 Å². The minimum Gasteiger partial charge on any atom is -0.476 e. The van der Waals surface area contributed by atoms with Gasteiger partial charge < -0.3 is 10.1 Å². The van der Waals surface area contributed by atoms with Crippen molar-refractivity contribution in [3.05, 3.63) is 11.8 Å². The minimum absolute atomic E-state index is 0.171. The van der Waals surface area contributed by atoms with Crippen LogP contribution in [0.4, 0.5) is 0 Å². The van der Waals surface area contributed by atoms with Crippen LogP contribution in [-0.4, -0.2) is 48.1 Å². The van der Waals surface area contributed by atoms with Crippen molar-refractivity contribution in [3.8, 4) is 0 Å². The first-order valence-corrected chi connectivity index (χ1v) is 8.24. The van der Waals surface area contributed by atoms with Gasteiger partial charge in [-0.1, -0.05) is 0 Å². The molecule has 2 rings (SSSR count). The molecule has 0 radical (unpaired) electrons. The van der Waals surface area contributed by atoms with Gasteiger partial charge in [-0.2, -0.15) is 0 Å². The number of nitrogens with one attached hydrogen (secondary N) is 1. The standard InChI is InChI=1S/C17H31N3O/c1-13-11-18-14(2)16(19-12-13)21-15-7-6-9-20(10-8-15)17(3,4)5/h11,14-15,18H,6-10,12H2,1-5H3. The molecule has 0 aromatic rings. The maximum atomic E-state index is 6.24. The molecule has 0 aliphatic carbocycles. The molecule has 0 amide bonds. The van der Waals surface area contributed by atoms with E-state index in [4.69, 9.17) is 4.74 Å². The topological polar surface area (TPSA) is 36.9 Å². The molecule has 21 heavy (non-hydrogen) atoms. The third-order valence-electron chi connectivity index (χ3n) is 4.35. The van der Waals surface area contributed by atoms with Crippen LogP contribution < -0.4 is 5.32 Å². The van der Waals surface area contributed by atoms with E-state index in [-0.39, 0.29) is 11.6 Å². The molecule has 0 aromatic carbocycles. The van der Waals surface area contributed by atoms with Gasteiger partial charge in [0.1, 0.15) is 6.10 Å². The number of ether oxygens (including phenoxy) is 1. The van der Waals surface area contributed by atoms with Gasteiger partial charge in [0, 0.05) is 12.1 Å². The number of hydrogen-bond donors (Lipinski definition) is 1. The molecular weight excluding hydrogens is 262 g/mol. The summed E-state index contributed by atoms with van der Waals surface area (Å²) in [6, 6.07) is 0.171. The fraction of sp³-hybridized carbons (Fsp3) is 0.824. The Balaban J connectivity index is 1.92. The third kappa shape index (κ3) is 4.73. The maximum absolute atomic E-state index is 6.24. The van der Waals surface area contributed by atoms with Gasteiger partial charge in [0.25, 0.3) is 0 Å². The van der Waals surface area contributed by atoms with E-state index in [9.17, 15) is 0 Å². The van der Waals surface area contributed by atoms with E-state index in [0.717, 1.165) is 31.8 Å². The van der Waals surface area contributed by atoms with Crippen LogP contribution >= 0.6 is 0 Å². The highest BCUT2D eigenvalue weighted by Gasteiger charge is 2.27. The Bertz CT molecular complexity index is 409. The molecule has 2 aliphatic heterocycles.